The SMILES string of the molecule is [Cl-].[Cl][Zn][Cl].[Cu+]. The first-order chi connectivity index (χ1) is 1.41. The largest absolute Gasteiger partial charge is 1.00 e. The van der Waals surface area contributed by atoms with Gasteiger partial charge in [0.05, 0.1) is 0 Å². The maximum atomic E-state index is 4.95. The van der Waals surface area contributed by atoms with Crippen LogP contribution in [-0.4, -0.2) is 0 Å². The van der Waals surface area contributed by atoms with Gasteiger partial charge in [0, 0.05) is 0 Å². The van der Waals surface area contributed by atoms with E-state index in [1.165, 1.54) is 0 Å². The van der Waals surface area contributed by atoms with E-state index in [1.54, 1.807) is 0 Å². The summed E-state index contributed by atoms with van der Waals surface area (Å²) in [6.07, 6.45) is 0. The minimum Gasteiger partial charge on any atom is 1.00 e. The van der Waals surface area contributed by atoms with E-state index in [4.69, 9.17) is 19.4 Å². The second kappa shape index (κ2) is 16.6. The van der Waals surface area contributed by atoms with E-state index in [0.717, 1.165) is 0 Å². The Hall–Kier alpha value is 2.01. The van der Waals surface area contributed by atoms with Gasteiger partial charge in [0.15, 0.2) is 0 Å². The van der Waals surface area contributed by atoms with Gasteiger partial charge in [-0.05, 0) is 0 Å². The number of halogens is 3. The molecule has 0 aromatic carbocycles. The molecule has 0 unspecified atom stereocenters. The third kappa shape index (κ3) is 23.9. The standard InChI is InChI=1S/3ClH.Cu.Zn/h3*1H;;/q;;;+1;+2/p-3. The van der Waals surface area contributed by atoms with Gasteiger partial charge in [-0.25, -0.2) is 0 Å². The molecule has 0 bridgehead atoms. The third-order valence-electron chi connectivity index (χ3n) is 0. The van der Waals surface area contributed by atoms with Crippen molar-refractivity contribution in [3.05, 3.63) is 0 Å². The molecule has 0 atom stereocenters. The Morgan fingerprint density at radius 1 is 1.20 bits per heavy atom. The van der Waals surface area contributed by atoms with E-state index in [-0.39, 0.29) is 29.5 Å². The van der Waals surface area contributed by atoms with E-state index in [2.05, 4.69) is 0 Å². The molecule has 0 aliphatic carbocycles. The van der Waals surface area contributed by atoms with Gasteiger partial charge in [-0.3, -0.25) is 0 Å². The van der Waals surface area contributed by atoms with Crippen LogP contribution in [0, 0.1) is 0 Å². The van der Waals surface area contributed by atoms with Crippen LogP contribution >= 0.6 is 19.4 Å². The second-order valence-corrected chi connectivity index (χ2v) is 4.72. The molecule has 0 aromatic rings. The summed E-state index contributed by atoms with van der Waals surface area (Å²) in [6, 6.07) is 0. The molecule has 0 saturated heterocycles. The maximum absolute atomic E-state index is 4.95. The Morgan fingerprint density at radius 3 is 1.20 bits per heavy atom. The number of hydrogen-bond donors (Lipinski definition) is 0. The summed E-state index contributed by atoms with van der Waals surface area (Å²) >= 11 is -0.931. The molecule has 0 nitrogen and oxygen atoms in total. The summed E-state index contributed by atoms with van der Waals surface area (Å²) in [7, 11) is 9.90. The minimum atomic E-state index is -0.931. The Bertz CT molecular complexity index is 6.85. The molecule has 0 amide bonds. The van der Waals surface area contributed by atoms with Crippen LogP contribution in [0.4, 0.5) is 0 Å². The molecular weight excluding hydrogens is 235 g/mol. The maximum Gasteiger partial charge on any atom is 1.00 e. The number of hydrogen-bond acceptors (Lipinski definition) is 0. The van der Waals surface area contributed by atoms with Crippen LogP contribution in [0.3, 0.4) is 0 Å². The monoisotopic (exact) mass is 232 g/mol. The van der Waals surface area contributed by atoms with Crippen molar-refractivity contribution in [2.45, 2.75) is 0 Å². The van der Waals surface area contributed by atoms with E-state index in [9.17, 15) is 0 Å². The predicted molar refractivity (Wildman–Crippen MR) is 11.7 cm³/mol. The molecule has 0 fully saturated rings. The Balaban J connectivity index is -0.0000000200. The predicted octanol–water partition coefficient (Wildman–Crippen LogP) is -1.62. The van der Waals surface area contributed by atoms with Crippen LogP contribution in [0.15, 0.2) is 0 Å². The fourth-order valence-electron chi connectivity index (χ4n) is 0. The van der Waals surface area contributed by atoms with E-state index < -0.39 is 15.1 Å². The van der Waals surface area contributed by atoms with Crippen molar-refractivity contribution >= 4 is 19.4 Å². The summed E-state index contributed by atoms with van der Waals surface area (Å²) in [5.41, 5.74) is 0. The molecule has 34 valence electrons. The Kier molecular flexibility index (Phi) is 52.4. The van der Waals surface area contributed by atoms with Crippen LogP contribution in [-0.2, 0) is 32.2 Å². The van der Waals surface area contributed by atoms with Gasteiger partial charge in [0.25, 0.3) is 0 Å². The average molecular weight is 235 g/mol. The van der Waals surface area contributed by atoms with Crippen LogP contribution in [0.1, 0.15) is 0 Å². The first kappa shape index (κ1) is 15.7. The first-order valence-corrected chi connectivity index (χ1v) is 8.33. The average Bonchev–Trinajstić information content (AvgIpc) is 0.918. The van der Waals surface area contributed by atoms with Gasteiger partial charge in [-0.15, -0.1) is 0 Å². The van der Waals surface area contributed by atoms with Crippen molar-refractivity contribution in [2.24, 2.45) is 0 Å². The molecule has 0 spiro atoms. The van der Waals surface area contributed by atoms with Crippen molar-refractivity contribution in [3.63, 3.8) is 0 Å². The fraction of sp³-hybridized carbons (Fsp3) is 0. The molecule has 0 aliphatic rings. The van der Waals surface area contributed by atoms with Gasteiger partial charge in [-0.2, -0.15) is 0 Å². The zero-order valence-corrected chi connectivity index (χ0v) is 8.32. The summed E-state index contributed by atoms with van der Waals surface area (Å²) < 4.78 is 0. The Labute approximate surface area is 63.5 Å². The smallest absolute Gasteiger partial charge is 1.00 e. The molecular formula is Cl3CuZn. The molecule has 5 heavy (non-hydrogen) atoms. The molecule has 0 saturated carbocycles. The van der Waals surface area contributed by atoms with Gasteiger partial charge in [0.1, 0.15) is 0 Å². The summed E-state index contributed by atoms with van der Waals surface area (Å²) in [5, 5.41) is 0. The topological polar surface area (TPSA) is 0 Å². The number of rotatable bonds is 0. The molecule has 0 N–H and O–H groups in total. The zero-order valence-electron chi connectivity index (χ0n) is 2.14. The van der Waals surface area contributed by atoms with E-state index in [0.29, 0.717) is 0 Å². The zero-order chi connectivity index (χ0) is 2.71. The first-order valence-electron chi connectivity index (χ1n) is 0.535. The van der Waals surface area contributed by atoms with Gasteiger partial charge >= 0.3 is 51.6 Å². The molecule has 0 rings (SSSR count). The second-order valence-electron chi connectivity index (χ2n) is 0.101. The van der Waals surface area contributed by atoms with Crippen LogP contribution in [0.25, 0.3) is 0 Å². The van der Waals surface area contributed by atoms with Crippen LogP contribution in [0.2, 0.25) is 0 Å². The summed E-state index contributed by atoms with van der Waals surface area (Å²) in [6.45, 7) is 0. The van der Waals surface area contributed by atoms with Crippen molar-refractivity contribution < 1.29 is 44.6 Å². The van der Waals surface area contributed by atoms with Crippen molar-refractivity contribution in [3.8, 4) is 0 Å². The van der Waals surface area contributed by atoms with Gasteiger partial charge in [0.2, 0.25) is 0 Å². The van der Waals surface area contributed by atoms with Crippen molar-refractivity contribution in [1.82, 2.24) is 0 Å². The fourth-order valence-corrected chi connectivity index (χ4v) is 0. The van der Waals surface area contributed by atoms with Crippen molar-refractivity contribution in [1.29, 1.82) is 0 Å². The summed E-state index contributed by atoms with van der Waals surface area (Å²) in [4.78, 5) is 0. The minimum absolute atomic E-state index is 0. The Morgan fingerprint density at radius 2 is 1.20 bits per heavy atom. The van der Waals surface area contributed by atoms with Crippen LogP contribution in [0.5, 0.6) is 0 Å². The molecule has 5 heteroatoms. The van der Waals surface area contributed by atoms with E-state index >= 15 is 0 Å². The van der Waals surface area contributed by atoms with Crippen LogP contribution < -0.4 is 12.4 Å². The third-order valence-corrected chi connectivity index (χ3v) is 0. The van der Waals surface area contributed by atoms with Gasteiger partial charge in [-0.1, -0.05) is 0 Å². The molecule has 0 heterocycles. The van der Waals surface area contributed by atoms with E-state index in [1.807, 2.05) is 0 Å². The molecule has 0 aromatic heterocycles. The summed E-state index contributed by atoms with van der Waals surface area (Å²) in [5.74, 6) is 0. The van der Waals surface area contributed by atoms with Crippen molar-refractivity contribution in [2.75, 3.05) is 0 Å². The normalized spacial score (nSPS) is 2.00. The van der Waals surface area contributed by atoms with Gasteiger partial charge < -0.3 is 12.4 Å². The molecule has 0 aliphatic heterocycles. The molecule has 0 radical (unpaired) electrons. The quantitative estimate of drug-likeness (QED) is 0.443.